The third-order valence-electron chi connectivity index (χ3n) is 5.70. The van der Waals surface area contributed by atoms with Gasteiger partial charge in [-0.15, -0.1) is 11.8 Å². The molecule has 166 valence electrons. The first-order valence-corrected chi connectivity index (χ1v) is 12.0. The van der Waals surface area contributed by atoms with Gasteiger partial charge in [0.15, 0.2) is 0 Å². The van der Waals surface area contributed by atoms with E-state index >= 15 is 0 Å². The Bertz CT molecular complexity index is 1210. The Labute approximate surface area is 200 Å². The van der Waals surface area contributed by atoms with Gasteiger partial charge >= 0.3 is 0 Å². The predicted octanol–water partition coefficient (Wildman–Crippen LogP) is 6.87. The molecule has 33 heavy (non-hydrogen) atoms. The zero-order chi connectivity index (χ0) is 23.1. The van der Waals surface area contributed by atoms with Gasteiger partial charge < -0.3 is 11.1 Å². The molecule has 0 aromatic heterocycles. The maximum atomic E-state index is 12.2. The van der Waals surface area contributed by atoms with Crippen molar-refractivity contribution in [2.24, 2.45) is 0 Å². The lowest BCUT2D eigenvalue weighted by atomic mass is 9.92. The zero-order valence-corrected chi connectivity index (χ0v) is 19.5. The molecule has 0 spiro atoms. The lowest BCUT2D eigenvalue weighted by molar-refractivity contribution is -0.111. The predicted molar refractivity (Wildman–Crippen MR) is 143 cm³/mol. The Morgan fingerprint density at radius 2 is 1.76 bits per heavy atom. The highest BCUT2D eigenvalue weighted by molar-refractivity contribution is 8.00. The van der Waals surface area contributed by atoms with Crippen LogP contribution in [0.3, 0.4) is 0 Å². The number of para-hydroxylation sites is 2. The number of hydrogen-bond acceptors (Lipinski definition) is 3. The van der Waals surface area contributed by atoms with Gasteiger partial charge in [0.2, 0.25) is 5.91 Å². The molecule has 4 heteroatoms. The molecule has 1 aliphatic carbocycles. The molecule has 1 amide bonds. The fourth-order valence-corrected chi connectivity index (χ4v) is 4.73. The average Bonchev–Trinajstić information content (AvgIpc) is 2.80. The van der Waals surface area contributed by atoms with Gasteiger partial charge in [0.25, 0.3) is 0 Å². The highest BCUT2D eigenvalue weighted by Gasteiger charge is 2.29. The van der Waals surface area contributed by atoms with E-state index in [1.165, 1.54) is 22.8 Å². The third kappa shape index (κ3) is 6.05. The maximum Gasteiger partial charge on any atom is 0.248 e. The number of rotatable bonds is 8. The molecule has 0 radical (unpaired) electrons. The van der Waals surface area contributed by atoms with Crippen LogP contribution in [0.2, 0.25) is 0 Å². The summed E-state index contributed by atoms with van der Waals surface area (Å²) >= 11 is 1.95. The van der Waals surface area contributed by atoms with Crippen molar-refractivity contribution >= 4 is 41.2 Å². The number of amides is 1. The quantitative estimate of drug-likeness (QED) is 0.223. The van der Waals surface area contributed by atoms with E-state index in [4.69, 9.17) is 5.73 Å². The summed E-state index contributed by atoms with van der Waals surface area (Å²) in [6, 6.07) is 24.0. The van der Waals surface area contributed by atoms with Gasteiger partial charge in [0.05, 0.1) is 16.1 Å². The number of nitrogens with two attached hydrogens (primary N) is 1. The number of allylic oxidation sites excluding steroid dienone is 1. The Balaban J connectivity index is 1.32. The normalized spacial score (nSPS) is 17.4. The molecule has 3 aromatic carbocycles. The van der Waals surface area contributed by atoms with E-state index < -0.39 is 0 Å². The summed E-state index contributed by atoms with van der Waals surface area (Å²) in [7, 11) is 0. The van der Waals surface area contributed by atoms with Crippen LogP contribution < -0.4 is 11.1 Å². The second kappa shape index (κ2) is 10.4. The first kappa shape index (κ1) is 22.7. The first-order chi connectivity index (χ1) is 16.0. The lowest BCUT2D eigenvalue weighted by Gasteiger charge is -2.32. The van der Waals surface area contributed by atoms with Gasteiger partial charge in [-0.25, -0.2) is 0 Å². The number of carbonyl (C=O) groups excluding carboxylic acids is 1. The summed E-state index contributed by atoms with van der Waals surface area (Å²) < 4.78 is 0.0677. The van der Waals surface area contributed by atoms with E-state index in [-0.39, 0.29) is 10.7 Å². The fourth-order valence-electron chi connectivity index (χ4n) is 3.53. The molecule has 0 heterocycles. The number of carbonyl (C=O) groups is 1. The second-order valence-corrected chi connectivity index (χ2v) is 9.53. The van der Waals surface area contributed by atoms with Crippen molar-refractivity contribution in [3.8, 4) is 0 Å². The number of nitrogens with one attached hydrogen (secondary N) is 1. The molecule has 0 bridgehead atoms. The van der Waals surface area contributed by atoms with E-state index in [0.29, 0.717) is 11.4 Å². The minimum Gasteiger partial charge on any atom is -0.397 e. The van der Waals surface area contributed by atoms with Crippen LogP contribution >= 0.6 is 11.8 Å². The van der Waals surface area contributed by atoms with Gasteiger partial charge in [-0.2, -0.15) is 0 Å². The van der Waals surface area contributed by atoms with Crippen LogP contribution in [0, 0.1) is 6.92 Å². The fraction of sp³-hybridized carbons (Fsp3) is 0.138. The summed E-state index contributed by atoms with van der Waals surface area (Å²) in [4.78, 5) is 12.2. The van der Waals surface area contributed by atoms with Gasteiger partial charge in [0, 0.05) is 11.8 Å². The Morgan fingerprint density at radius 1 is 1.03 bits per heavy atom. The molecule has 0 fully saturated rings. The van der Waals surface area contributed by atoms with Gasteiger partial charge in [-0.3, -0.25) is 4.79 Å². The Morgan fingerprint density at radius 3 is 2.45 bits per heavy atom. The Kier molecular flexibility index (Phi) is 7.16. The second-order valence-electron chi connectivity index (χ2n) is 8.19. The molecule has 3 aromatic rings. The zero-order valence-electron chi connectivity index (χ0n) is 18.7. The molecule has 3 N–H and O–H groups in total. The molecular weight excluding hydrogens is 424 g/mol. The van der Waals surface area contributed by atoms with Crippen molar-refractivity contribution in [2.75, 3.05) is 11.1 Å². The van der Waals surface area contributed by atoms with Crippen molar-refractivity contribution in [1.82, 2.24) is 0 Å². The molecule has 1 aliphatic rings. The van der Waals surface area contributed by atoms with Crippen LogP contribution in [0.4, 0.5) is 11.4 Å². The van der Waals surface area contributed by atoms with Crippen molar-refractivity contribution < 1.29 is 4.79 Å². The van der Waals surface area contributed by atoms with Crippen molar-refractivity contribution in [1.29, 1.82) is 0 Å². The SMILES string of the molecule is Cc1ccccc1/C=C\C1(SCc2ccc(/C=C/C(=O)Nc3ccccc3N)cc2)C=CC1. The minimum atomic E-state index is -0.202. The molecule has 1 unspecified atom stereocenters. The number of anilines is 2. The van der Waals surface area contributed by atoms with Gasteiger partial charge in [-0.1, -0.05) is 85.0 Å². The lowest BCUT2D eigenvalue weighted by Crippen LogP contribution is -2.24. The first-order valence-electron chi connectivity index (χ1n) is 11.0. The molecule has 0 saturated carbocycles. The highest BCUT2D eigenvalue weighted by atomic mass is 32.2. The standard InChI is InChI=1S/C29H28N2OS/c1-22-7-2-3-8-25(22)17-20-29(18-6-19-29)33-21-24-13-11-23(12-14-24)15-16-28(32)31-27-10-5-4-9-26(27)30/h2-18,20H,19,21,30H2,1H3,(H,31,32)/b16-15+,20-17-. The van der Waals surface area contributed by atoms with Crippen LogP contribution in [0.1, 0.15) is 28.7 Å². The number of nitrogen functional groups attached to an aromatic ring is 1. The van der Waals surface area contributed by atoms with Gasteiger partial charge in [-0.05, 0) is 53.8 Å². The molecule has 1 atom stereocenters. The summed E-state index contributed by atoms with van der Waals surface area (Å²) in [6.45, 7) is 2.15. The Hall–Kier alpha value is -3.50. The topological polar surface area (TPSA) is 55.1 Å². The molecule has 3 nitrogen and oxygen atoms in total. The molecule has 0 aliphatic heterocycles. The van der Waals surface area contributed by atoms with Crippen molar-refractivity contribution in [3.63, 3.8) is 0 Å². The molecular formula is C29H28N2OS. The number of thioether (sulfide) groups is 1. The summed E-state index contributed by atoms with van der Waals surface area (Å²) in [5.41, 5.74) is 11.9. The average molecular weight is 453 g/mol. The van der Waals surface area contributed by atoms with Crippen LogP contribution in [0.25, 0.3) is 12.2 Å². The number of hydrogen-bond donors (Lipinski definition) is 2. The van der Waals surface area contributed by atoms with Crippen molar-refractivity contribution in [3.05, 3.63) is 119 Å². The molecule has 4 rings (SSSR count). The van der Waals surface area contributed by atoms with E-state index in [1.807, 2.05) is 42.1 Å². The van der Waals surface area contributed by atoms with Crippen LogP contribution in [0.15, 0.2) is 97.1 Å². The van der Waals surface area contributed by atoms with E-state index in [0.717, 1.165) is 17.7 Å². The van der Waals surface area contributed by atoms with E-state index in [2.05, 4.69) is 72.9 Å². The monoisotopic (exact) mass is 452 g/mol. The number of aryl methyl sites for hydroxylation is 1. The largest absolute Gasteiger partial charge is 0.397 e. The minimum absolute atomic E-state index is 0.0677. The summed E-state index contributed by atoms with van der Waals surface area (Å²) in [5.74, 6) is 0.729. The third-order valence-corrected chi connectivity index (χ3v) is 7.16. The van der Waals surface area contributed by atoms with Crippen molar-refractivity contribution in [2.45, 2.75) is 23.8 Å². The van der Waals surface area contributed by atoms with Gasteiger partial charge in [0.1, 0.15) is 0 Å². The van der Waals surface area contributed by atoms with Crippen LogP contribution in [0.5, 0.6) is 0 Å². The number of benzene rings is 3. The van der Waals surface area contributed by atoms with E-state index in [1.54, 1.807) is 12.1 Å². The smallest absolute Gasteiger partial charge is 0.248 e. The van der Waals surface area contributed by atoms with E-state index in [9.17, 15) is 4.79 Å². The van der Waals surface area contributed by atoms with Crippen LogP contribution in [-0.2, 0) is 10.5 Å². The maximum absolute atomic E-state index is 12.2. The van der Waals surface area contributed by atoms with Crippen LogP contribution in [-0.4, -0.2) is 10.7 Å². The highest BCUT2D eigenvalue weighted by Crippen LogP contribution is 2.41. The molecule has 0 saturated heterocycles. The summed E-state index contributed by atoms with van der Waals surface area (Å²) in [5, 5.41) is 2.80. The summed E-state index contributed by atoms with van der Waals surface area (Å²) in [6.07, 6.45) is 13.5.